The van der Waals surface area contributed by atoms with Gasteiger partial charge in [0.2, 0.25) is 5.91 Å². The van der Waals surface area contributed by atoms with Gasteiger partial charge < -0.3 is 20.1 Å². The van der Waals surface area contributed by atoms with Crippen LogP contribution in [-0.4, -0.2) is 59.0 Å². The van der Waals surface area contributed by atoms with Crippen LogP contribution in [-0.2, 0) is 4.79 Å². The molecule has 2 N–H and O–H groups in total. The van der Waals surface area contributed by atoms with E-state index in [2.05, 4.69) is 34.0 Å². The van der Waals surface area contributed by atoms with Gasteiger partial charge in [0.25, 0.3) is 5.56 Å². The normalized spacial score (nSPS) is 16.5. The number of hydrogen-bond donors (Lipinski definition) is 2. The van der Waals surface area contributed by atoms with Crippen molar-refractivity contribution in [2.75, 3.05) is 31.1 Å². The number of carbonyl (C=O) groups excluding carboxylic acids is 1. The average molecular weight is 410 g/mol. The van der Waals surface area contributed by atoms with Crippen LogP contribution in [0, 0.1) is 0 Å². The van der Waals surface area contributed by atoms with Gasteiger partial charge in [0, 0.05) is 68.5 Å². The van der Waals surface area contributed by atoms with Crippen molar-refractivity contribution in [3.63, 3.8) is 0 Å². The van der Waals surface area contributed by atoms with E-state index in [9.17, 15) is 9.59 Å². The molecule has 7 nitrogen and oxygen atoms in total. The van der Waals surface area contributed by atoms with Crippen molar-refractivity contribution in [3.8, 4) is 11.1 Å². The molecule has 0 aliphatic carbocycles. The predicted octanol–water partition coefficient (Wildman–Crippen LogP) is 2.42. The first-order valence-corrected chi connectivity index (χ1v) is 10.6. The molecule has 3 rings (SSSR count). The smallest absolute Gasteiger partial charge is 0.271 e. The molecule has 0 unspecified atom stereocenters. The van der Waals surface area contributed by atoms with E-state index in [0.29, 0.717) is 37.9 Å². The molecule has 0 bridgehead atoms. The molecule has 7 heteroatoms. The van der Waals surface area contributed by atoms with Crippen LogP contribution in [0.5, 0.6) is 0 Å². The summed E-state index contributed by atoms with van der Waals surface area (Å²) < 4.78 is 0. The highest BCUT2D eigenvalue weighted by Gasteiger charge is 2.30. The Morgan fingerprint density at radius 2 is 2.13 bits per heavy atom. The van der Waals surface area contributed by atoms with Gasteiger partial charge in [0.15, 0.2) is 0 Å². The summed E-state index contributed by atoms with van der Waals surface area (Å²) in [5, 5.41) is 3.27. The highest BCUT2D eigenvalue weighted by molar-refractivity contribution is 5.88. The molecule has 3 heterocycles. The number of likely N-dealkylation sites (N-methyl/N-ethyl adjacent to an activating group) is 1. The largest absolute Gasteiger partial charge is 0.363 e. The number of likely N-dealkylation sites (tertiary alicyclic amines) is 1. The van der Waals surface area contributed by atoms with Crippen molar-refractivity contribution < 1.29 is 4.79 Å². The zero-order chi connectivity index (χ0) is 21.5. The van der Waals surface area contributed by atoms with E-state index in [1.54, 1.807) is 24.7 Å². The summed E-state index contributed by atoms with van der Waals surface area (Å²) >= 11 is 0. The molecule has 2 aromatic heterocycles. The number of rotatable bonds is 8. The molecule has 160 valence electrons. The Balaban J connectivity index is 1.71. The van der Waals surface area contributed by atoms with E-state index < -0.39 is 0 Å². The summed E-state index contributed by atoms with van der Waals surface area (Å²) in [6.45, 7) is 8.89. The molecule has 1 fully saturated rings. The summed E-state index contributed by atoms with van der Waals surface area (Å²) in [5.74, 6) is 0.0264. The summed E-state index contributed by atoms with van der Waals surface area (Å²) in [6.07, 6.45) is 9.57. The Morgan fingerprint density at radius 3 is 2.83 bits per heavy atom. The lowest BCUT2D eigenvalue weighted by Gasteiger charge is -2.29. The third kappa shape index (κ3) is 5.36. The van der Waals surface area contributed by atoms with Crippen molar-refractivity contribution in [1.29, 1.82) is 0 Å². The van der Waals surface area contributed by atoms with E-state index in [1.807, 2.05) is 36.1 Å². The van der Waals surface area contributed by atoms with Gasteiger partial charge in [-0.15, -0.1) is 0 Å². The van der Waals surface area contributed by atoms with E-state index in [0.717, 1.165) is 17.5 Å². The number of nitrogens with zero attached hydrogens (tertiary/aromatic N) is 3. The van der Waals surface area contributed by atoms with Gasteiger partial charge in [-0.2, -0.15) is 0 Å². The van der Waals surface area contributed by atoms with Gasteiger partial charge in [0.1, 0.15) is 5.69 Å². The van der Waals surface area contributed by atoms with Gasteiger partial charge in [-0.3, -0.25) is 14.6 Å². The Morgan fingerprint density at radius 1 is 1.37 bits per heavy atom. The molecular formula is C23H31N5O2. The minimum Gasteiger partial charge on any atom is -0.363 e. The quantitative estimate of drug-likeness (QED) is 0.655. The molecule has 1 amide bonds. The van der Waals surface area contributed by atoms with E-state index >= 15 is 0 Å². The Labute approximate surface area is 177 Å². The maximum Gasteiger partial charge on any atom is 0.271 e. The van der Waals surface area contributed by atoms with Crippen LogP contribution in [0.3, 0.4) is 0 Å². The third-order valence-corrected chi connectivity index (χ3v) is 5.37. The number of H-pyrrole nitrogens is 1. The molecule has 1 saturated heterocycles. The number of nitrogens with one attached hydrogen (secondary N) is 2. The molecule has 0 saturated carbocycles. The van der Waals surface area contributed by atoms with Gasteiger partial charge in [-0.25, -0.2) is 0 Å². The van der Waals surface area contributed by atoms with Crippen LogP contribution < -0.4 is 15.8 Å². The zero-order valence-corrected chi connectivity index (χ0v) is 18.0. The third-order valence-electron chi connectivity index (χ3n) is 5.37. The monoisotopic (exact) mass is 409 g/mol. The highest BCUT2D eigenvalue weighted by Crippen LogP contribution is 2.25. The fraction of sp³-hybridized carbons (Fsp3) is 0.435. The standard InChI is InChI=1S/C23H31N5O2/c1-4-28(20-9-13-27(16-20)22(29)6-5-10-25-17(2)3)21-14-19(15-26-23(21)30)18-7-11-24-12-8-18/h5-8,11-12,14-15,17,20,25H,4,9-10,13,16H2,1-3H3,(H,26,30)/b6-5+/t20-/m1/s1. The molecule has 30 heavy (non-hydrogen) atoms. The number of aromatic nitrogens is 2. The number of carbonyl (C=O) groups is 1. The van der Waals surface area contributed by atoms with Crippen LogP contribution in [0.1, 0.15) is 27.2 Å². The fourth-order valence-corrected chi connectivity index (χ4v) is 3.79. The summed E-state index contributed by atoms with van der Waals surface area (Å²) in [4.78, 5) is 36.0. The number of anilines is 1. The van der Waals surface area contributed by atoms with Crippen molar-refractivity contribution in [2.24, 2.45) is 0 Å². The van der Waals surface area contributed by atoms with Crippen LogP contribution in [0.15, 0.2) is 53.7 Å². The van der Waals surface area contributed by atoms with Gasteiger partial charge >= 0.3 is 0 Å². The highest BCUT2D eigenvalue weighted by atomic mass is 16.2. The molecule has 0 aromatic carbocycles. The van der Waals surface area contributed by atoms with E-state index in [1.165, 1.54) is 0 Å². The first kappa shape index (κ1) is 21.8. The summed E-state index contributed by atoms with van der Waals surface area (Å²) in [6, 6.07) is 6.28. The second-order valence-corrected chi connectivity index (χ2v) is 7.82. The Kier molecular flexibility index (Phi) is 7.41. The van der Waals surface area contributed by atoms with Crippen LogP contribution in [0.25, 0.3) is 11.1 Å². The first-order valence-electron chi connectivity index (χ1n) is 10.6. The second kappa shape index (κ2) is 10.2. The Bertz CT molecular complexity index is 923. The number of hydrogen-bond acceptors (Lipinski definition) is 5. The molecule has 1 aliphatic heterocycles. The van der Waals surface area contributed by atoms with E-state index in [4.69, 9.17) is 0 Å². The maximum absolute atomic E-state index is 12.6. The van der Waals surface area contributed by atoms with Crippen LogP contribution in [0.4, 0.5) is 5.69 Å². The zero-order valence-electron chi connectivity index (χ0n) is 18.0. The lowest BCUT2D eigenvalue weighted by molar-refractivity contribution is -0.125. The Hall–Kier alpha value is -2.93. The minimum atomic E-state index is -0.112. The van der Waals surface area contributed by atoms with Crippen molar-refractivity contribution in [1.82, 2.24) is 20.2 Å². The summed E-state index contributed by atoms with van der Waals surface area (Å²) in [5.41, 5.74) is 2.47. The van der Waals surface area contributed by atoms with Crippen LogP contribution >= 0.6 is 0 Å². The summed E-state index contributed by atoms with van der Waals surface area (Å²) in [7, 11) is 0. The SMILES string of the molecule is CCN(c1cc(-c2ccncc2)c[nH]c1=O)[C@@H]1CCN(C(=O)/C=C/CNC(C)C)C1. The first-order chi connectivity index (χ1) is 14.5. The second-order valence-electron chi connectivity index (χ2n) is 7.82. The number of amides is 1. The van der Waals surface area contributed by atoms with Gasteiger partial charge in [-0.05, 0) is 37.1 Å². The molecule has 2 aromatic rings. The molecule has 0 spiro atoms. The number of pyridine rings is 2. The molecule has 1 atom stereocenters. The fourth-order valence-electron chi connectivity index (χ4n) is 3.79. The van der Waals surface area contributed by atoms with Gasteiger partial charge in [-0.1, -0.05) is 19.9 Å². The lowest BCUT2D eigenvalue weighted by Crippen LogP contribution is -2.41. The van der Waals surface area contributed by atoms with E-state index in [-0.39, 0.29) is 17.5 Å². The van der Waals surface area contributed by atoms with Gasteiger partial charge in [0.05, 0.1) is 0 Å². The van der Waals surface area contributed by atoms with Crippen molar-refractivity contribution in [3.05, 3.63) is 59.3 Å². The molecule has 1 aliphatic rings. The minimum absolute atomic E-state index is 0.0264. The average Bonchev–Trinajstić information content (AvgIpc) is 3.23. The van der Waals surface area contributed by atoms with Crippen LogP contribution in [0.2, 0.25) is 0 Å². The lowest BCUT2D eigenvalue weighted by atomic mass is 10.1. The topological polar surface area (TPSA) is 81.3 Å². The molecule has 0 radical (unpaired) electrons. The van der Waals surface area contributed by atoms with Crippen molar-refractivity contribution in [2.45, 2.75) is 39.3 Å². The van der Waals surface area contributed by atoms with Crippen molar-refractivity contribution >= 4 is 11.6 Å². The maximum atomic E-state index is 12.6. The predicted molar refractivity (Wildman–Crippen MR) is 121 cm³/mol. The number of aromatic amines is 1. The molecular weight excluding hydrogens is 378 g/mol.